The average Bonchev–Trinajstić information content (AvgIpc) is 2.97. The molecule has 3 rings (SSSR count). The van der Waals surface area contributed by atoms with Crippen molar-refractivity contribution >= 4 is 23.3 Å². The van der Waals surface area contributed by atoms with Crippen molar-refractivity contribution in [3.63, 3.8) is 0 Å². The Labute approximate surface area is 124 Å². The molecular weight excluding hydrogens is 272 g/mol. The van der Waals surface area contributed by atoms with Gasteiger partial charge in [-0.1, -0.05) is 43.0 Å². The third-order valence-corrected chi connectivity index (χ3v) is 4.38. The molecule has 1 heterocycles. The molecule has 4 heteroatoms. The highest BCUT2D eigenvalue weighted by molar-refractivity contribution is 6.31. The van der Waals surface area contributed by atoms with Crippen LogP contribution in [0.25, 0.3) is 0 Å². The SMILES string of the molecule is O=C(C1CCCCC1)N1CCN=C1c1cccc(Cl)c1. The molecular formula is C16H19ClN2O. The molecule has 3 nitrogen and oxygen atoms in total. The van der Waals surface area contributed by atoms with Gasteiger partial charge >= 0.3 is 0 Å². The predicted octanol–water partition coefficient (Wildman–Crippen LogP) is 3.51. The smallest absolute Gasteiger partial charge is 0.231 e. The van der Waals surface area contributed by atoms with Crippen LogP contribution in [0.15, 0.2) is 29.3 Å². The molecule has 0 atom stereocenters. The summed E-state index contributed by atoms with van der Waals surface area (Å²) >= 11 is 6.04. The van der Waals surface area contributed by atoms with Crippen molar-refractivity contribution < 1.29 is 4.79 Å². The van der Waals surface area contributed by atoms with E-state index in [9.17, 15) is 4.79 Å². The molecule has 2 aliphatic rings. The molecule has 20 heavy (non-hydrogen) atoms. The minimum Gasteiger partial charge on any atom is -0.295 e. The topological polar surface area (TPSA) is 32.7 Å². The Morgan fingerprint density at radius 2 is 2.05 bits per heavy atom. The van der Waals surface area contributed by atoms with Crippen molar-refractivity contribution in [2.45, 2.75) is 32.1 Å². The minimum absolute atomic E-state index is 0.186. The van der Waals surface area contributed by atoms with Crippen molar-refractivity contribution in [3.8, 4) is 0 Å². The van der Waals surface area contributed by atoms with Gasteiger partial charge in [-0.15, -0.1) is 0 Å². The molecule has 0 radical (unpaired) electrons. The van der Waals surface area contributed by atoms with Gasteiger partial charge in [0.05, 0.1) is 6.54 Å². The lowest BCUT2D eigenvalue weighted by atomic mass is 9.88. The summed E-state index contributed by atoms with van der Waals surface area (Å²) in [6.45, 7) is 1.40. The van der Waals surface area contributed by atoms with Crippen LogP contribution in [-0.2, 0) is 4.79 Å². The third-order valence-electron chi connectivity index (χ3n) is 4.14. The van der Waals surface area contributed by atoms with Crippen LogP contribution >= 0.6 is 11.6 Å². The van der Waals surface area contributed by atoms with E-state index in [1.807, 2.05) is 29.2 Å². The number of amides is 1. The van der Waals surface area contributed by atoms with E-state index in [4.69, 9.17) is 11.6 Å². The van der Waals surface area contributed by atoms with Crippen molar-refractivity contribution in [1.82, 2.24) is 4.90 Å². The number of carbonyl (C=O) groups excluding carboxylic acids is 1. The molecule has 0 spiro atoms. The lowest BCUT2D eigenvalue weighted by molar-refractivity contribution is -0.132. The summed E-state index contributed by atoms with van der Waals surface area (Å²) in [5, 5.41) is 0.683. The highest BCUT2D eigenvalue weighted by Gasteiger charge is 2.31. The Kier molecular flexibility index (Phi) is 4.06. The normalized spacial score (nSPS) is 20.1. The Bertz CT molecular complexity index is 535. The van der Waals surface area contributed by atoms with Crippen LogP contribution in [0.5, 0.6) is 0 Å². The zero-order chi connectivity index (χ0) is 13.9. The largest absolute Gasteiger partial charge is 0.295 e. The van der Waals surface area contributed by atoms with Gasteiger partial charge in [-0.3, -0.25) is 14.7 Å². The highest BCUT2D eigenvalue weighted by Crippen LogP contribution is 2.27. The molecule has 0 aromatic heterocycles. The van der Waals surface area contributed by atoms with Crippen LogP contribution in [0.1, 0.15) is 37.7 Å². The van der Waals surface area contributed by atoms with Gasteiger partial charge in [0.15, 0.2) is 0 Å². The van der Waals surface area contributed by atoms with Crippen molar-refractivity contribution in [2.75, 3.05) is 13.1 Å². The standard InChI is InChI=1S/C16H19ClN2O/c17-14-8-4-7-13(11-14)15-18-9-10-19(15)16(20)12-5-2-1-3-6-12/h4,7-8,11-12H,1-3,5-6,9-10H2. The molecule has 1 amide bonds. The quantitative estimate of drug-likeness (QED) is 0.820. The first-order valence-electron chi connectivity index (χ1n) is 7.37. The lowest BCUT2D eigenvalue weighted by Crippen LogP contribution is -2.39. The maximum absolute atomic E-state index is 12.7. The van der Waals surface area contributed by atoms with Gasteiger partial charge in [-0.2, -0.15) is 0 Å². The summed E-state index contributed by atoms with van der Waals surface area (Å²) in [4.78, 5) is 19.1. The zero-order valence-corrected chi connectivity index (χ0v) is 12.3. The van der Waals surface area contributed by atoms with Gasteiger partial charge in [0, 0.05) is 23.0 Å². The average molecular weight is 291 g/mol. The number of nitrogens with zero attached hydrogens (tertiary/aromatic N) is 2. The van der Waals surface area contributed by atoms with Gasteiger partial charge in [-0.05, 0) is 25.0 Å². The fourth-order valence-electron chi connectivity index (χ4n) is 3.11. The summed E-state index contributed by atoms with van der Waals surface area (Å²) in [6, 6.07) is 7.60. The van der Waals surface area contributed by atoms with E-state index in [1.165, 1.54) is 19.3 Å². The van der Waals surface area contributed by atoms with E-state index in [2.05, 4.69) is 4.99 Å². The first kappa shape index (κ1) is 13.6. The van der Waals surface area contributed by atoms with E-state index >= 15 is 0 Å². The molecule has 1 aromatic rings. The molecule has 1 saturated carbocycles. The number of hydrogen-bond donors (Lipinski definition) is 0. The number of rotatable bonds is 2. The lowest BCUT2D eigenvalue weighted by Gasteiger charge is -2.27. The summed E-state index contributed by atoms with van der Waals surface area (Å²) in [7, 11) is 0. The number of amidine groups is 1. The Morgan fingerprint density at radius 1 is 1.25 bits per heavy atom. The maximum atomic E-state index is 12.7. The van der Waals surface area contributed by atoms with Crippen LogP contribution < -0.4 is 0 Å². The minimum atomic E-state index is 0.186. The fourth-order valence-corrected chi connectivity index (χ4v) is 3.30. The molecule has 106 valence electrons. The van der Waals surface area contributed by atoms with Crippen LogP contribution in [0, 0.1) is 5.92 Å². The first-order chi connectivity index (χ1) is 9.75. The second-order valence-electron chi connectivity index (χ2n) is 5.54. The molecule has 1 aliphatic carbocycles. The summed E-state index contributed by atoms with van der Waals surface area (Å²) in [6.07, 6.45) is 5.66. The number of benzene rings is 1. The maximum Gasteiger partial charge on any atom is 0.231 e. The van der Waals surface area contributed by atoms with Gasteiger partial charge in [0.2, 0.25) is 5.91 Å². The Hall–Kier alpha value is -1.35. The highest BCUT2D eigenvalue weighted by atomic mass is 35.5. The van der Waals surface area contributed by atoms with Crippen LogP contribution in [-0.4, -0.2) is 29.7 Å². The fraction of sp³-hybridized carbons (Fsp3) is 0.500. The van der Waals surface area contributed by atoms with Gasteiger partial charge in [0.1, 0.15) is 5.84 Å². The Morgan fingerprint density at radius 3 is 2.80 bits per heavy atom. The van der Waals surface area contributed by atoms with Gasteiger partial charge < -0.3 is 0 Å². The molecule has 1 fully saturated rings. The molecule has 0 N–H and O–H groups in total. The number of halogens is 1. The van der Waals surface area contributed by atoms with Crippen molar-refractivity contribution in [3.05, 3.63) is 34.9 Å². The van der Waals surface area contributed by atoms with Crippen LogP contribution in [0.4, 0.5) is 0 Å². The molecule has 0 saturated heterocycles. The number of hydrogen-bond acceptors (Lipinski definition) is 2. The molecule has 1 aliphatic heterocycles. The first-order valence-corrected chi connectivity index (χ1v) is 7.75. The second-order valence-corrected chi connectivity index (χ2v) is 5.98. The number of aliphatic imine (C=N–C) groups is 1. The monoisotopic (exact) mass is 290 g/mol. The van der Waals surface area contributed by atoms with E-state index < -0.39 is 0 Å². The van der Waals surface area contributed by atoms with E-state index in [0.29, 0.717) is 18.1 Å². The predicted molar refractivity (Wildman–Crippen MR) is 81.1 cm³/mol. The third kappa shape index (κ3) is 2.73. The summed E-state index contributed by atoms with van der Waals surface area (Å²) in [5.41, 5.74) is 0.944. The van der Waals surface area contributed by atoms with Crippen LogP contribution in [0.2, 0.25) is 5.02 Å². The summed E-state index contributed by atoms with van der Waals surface area (Å²) < 4.78 is 0. The second kappa shape index (κ2) is 5.96. The van der Waals surface area contributed by atoms with Crippen molar-refractivity contribution in [1.29, 1.82) is 0 Å². The number of carbonyl (C=O) groups is 1. The van der Waals surface area contributed by atoms with Crippen molar-refractivity contribution in [2.24, 2.45) is 10.9 Å². The van der Waals surface area contributed by atoms with E-state index in [1.54, 1.807) is 0 Å². The van der Waals surface area contributed by atoms with E-state index in [0.717, 1.165) is 24.2 Å². The Balaban J connectivity index is 1.79. The molecule has 1 aromatic carbocycles. The summed E-state index contributed by atoms with van der Waals surface area (Å²) in [5.74, 6) is 1.23. The van der Waals surface area contributed by atoms with E-state index in [-0.39, 0.29) is 11.8 Å². The van der Waals surface area contributed by atoms with Gasteiger partial charge in [0.25, 0.3) is 0 Å². The zero-order valence-electron chi connectivity index (χ0n) is 11.5. The molecule has 0 bridgehead atoms. The van der Waals surface area contributed by atoms with Crippen LogP contribution in [0.3, 0.4) is 0 Å². The van der Waals surface area contributed by atoms with Gasteiger partial charge in [-0.25, -0.2) is 0 Å². The molecule has 0 unspecified atom stereocenters.